The molecule has 3 amide bonds. The van der Waals surface area contributed by atoms with Crippen LogP contribution in [0.4, 0.5) is 5.69 Å². The second kappa shape index (κ2) is 9.16. The molecule has 1 aromatic rings. The third kappa shape index (κ3) is 5.43. The molecule has 0 saturated heterocycles. The Hall–Kier alpha value is -2.65. The number of hydrogen-bond donors (Lipinski definition) is 5. The first kappa shape index (κ1) is 19.7. The Morgan fingerprint density at radius 2 is 1.73 bits per heavy atom. The van der Waals surface area contributed by atoms with Gasteiger partial charge >= 0.3 is 0 Å². The maximum atomic E-state index is 12.1. The highest BCUT2D eigenvalue weighted by Gasteiger charge is 2.23. The summed E-state index contributed by atoms with van der Waals surface area (Å²) in [5, 5.41) is 28.1. The second-order valence-electron chi connectivity index (χ2n) is 5.96. The van der Waals surface area contributed by atoms with E-state index in [2.05, 4.69) is 16.0 Å². The van der Waals surface area contributed by atoms with Gasteiger partial charge in [0.15, 0.2) is 0 Å². The van der Waals surface area contributed by atoms with Gasteiger partial charge in [-0.25, -0.2) is 0 Å². The number of methoxy groups -OCH3 is 1. The van der Waals surface area contributed by atoms with Gasteiger partial charge in [0.2, 0.25) is 17.7 Å². The highest BCUT2D eigenvalue weighted by molar-refractivity contribution is 5.96. The number of carbonyl (C=O) groups is 3. The molecule has 5 N–H and O–H groups in total. The zero-order chi connectivity index (χ0) is 19.1. The van der Waals surface area contributed by atoms with E-state index in [-0.39, 0.29) is 37.5 Å². The van der Waals surface area contributed by atoms with Crippen LogP contribution in [0.5, 0.6) is 5.75 Å². The van der Waals surface area contributed by atoms with Crippen LogP contribution >= 0.6 is 0 Å². The zero-order valence-electron chi connectivity index (χ0n) is 14.4. The number of carbonyl (C=O) groups excluding carboxylic acids is 3. The van der Waals surface area contributed by atoms with Crippen molar-refractivity contribution in [2.45, 2.75) is 31.5 Å². The second-order valence-corrected chi connectivity index (χ2v) is 5.96. The average molecular weight is 365 g/mol. The van der Waals surface area contributed by atoms with Gasteiger partial charge in [0.05, 0.1) is 32.0 Å². The van der Waals surface area contributed by atoms with Crippen molar-refractivity contribution in [1.82, 2.24) is 10.6 Å². The molecule has 26 heavy (non-hydrogen) atoms. The number of rotatable bonds is 1. The van der Waals surface area contributed by atoms with E-state index in [9.17, 15) is 24.6 Å². The van der Waals surface area contributed by atoms with E-state index in [0.717, 1.165) is 0 Å². The molecule has 2 unspecified atom stereocenters. The summed E-state index contributed by atoms with van der Waals surface area (Å²) in [5.41, 5.74) is 0.594. The van der Waals surface area contributed by atoms with Gasteiger partial charge in [-0.1, -0.05) is 6.07 Å². The Balaban J connectivity index is 2.27. The number of benzene rings is 1. The third-order valence-corrected chi connectivity index (χ3v) is 4.01. The lowest BCUT2D eigenvalue weighted by Crippen LogP contribution is -2.40. The number of aliphatic hydroxyl groups excluding tert-OH is 2. The monoisotopic (exact) mass is 365 g/mol. The summed E-state index contributed by atoms with van der Waals surface area (Å²) in [5.74, 6) is -0.890. The summed E-state index contributed by atoms with van der Waals surface area (Å²) in [6, 6.07) is 4.67. The average Bonchev–Trinajstić information content (AvgIpc) is 2.63. The van der Waals surface area contributed by atoms with Crippen molar-refractivity contribution in [3.8, 4) is 5.75 Å². The summed E-state index contributed by atoms with van der Waals surface area (Å²) < 4.78 is 5.12. The van der Waals surface area contributed by atoms with Crippen molar-refractivity contribution in [2.24, 2.45) is 0 Å². The number of aliphatic hydroxyl groups is 2. The molecular formula is C17H23N3O6. The van der Waals surface area contributed by atoms with Gasteiger partial charge in [0, 0.05) is 18.1 Å². The predicted molar refractivity (Wildman–Crippen MR) is 92.5 cm³/mol. The molecule has 9 nitrogen and oxygen atoms in total. The van der Waals surface area contributed by atoms with Gasteiger partial charge in [-0.05, 0) is 18.9 Å². The largest absolute Gasteiger partial charge is 0.497 e. The third-order valence-electron chi connectivity index (χ3n) is 4.01. The number of amides is 3. The fraction of sp³-hybridized carbons (Fsp3) is 0.471. The topological polar surface area (TPSA) is 137 Å². The lowest BCUT2D eigenvalue weighted by Gasteiger charge is -2.21. The molecule has 0 saturated carbocycles. The van der Waals surface area contributed by atoms with Crippen LogP contribution in [0.3, 0.4) is 0 Å². The Kier molecular flexibility index (Phi) is 6.93. The van der Waals surface area contributed by atoms with E-state index in [1.807, 2.05) is 0 Å². The van der Waals surface area contributed by atoms with E-state index in [1.165, 1.54) is 13.2 Å². The van der Waals surface area contributed by atoms with E-state index in [4.69, 9.17) is 4.74 Å². The predicted octanol–water partition coefficient (Wildman–Crippen LogP) is -0.556. The van der Waals surface area contributed by atoms with Crippen molar-refractivity contribution >= 4 is 23.4 Å². The fourth-order valence-electron chi connectivity index (χ4n) is 2.57. The molecule has 1 aliphatic heterocycles. The standard InChI is InChI=1S/C17H23N3O6/c1-26-10-5-6-11-12(7-10)20-16(24)9-19-15(23)8-18-14(22)4-2-3-13(21)17(11)25/h5-7,13,17,21,25H,2-4,8-9H2,1H3,(H,18,22)(H,19,23)(H,20,24). The van der Waals surface area contributed by atoms with Gasteiger partial charge in [0.25, 0.3) is 0 Å². The molecule has 0 aromatic heterocycles. The Bertz CT molecular complexity index is 678. The first-order chi connectivity index (χ1) is 12.4. The van der Waals surface area contributed by atoms with Crippen LogP contribution in [0.15, 0.2) is 18.2 Å². The molecule has 0 spiro atoms. The maximum absolute atomic E-state index is 12.1. The Morgan fingerprint density at radius 1 is 1.04 bits per heavy atom. The lowest BCUT2D eigenvalue weighted by molar-refractivity contribution is -0.127. The van der Waals surface area contributed by atoms with Crippen LogP contribution in [-0.4, -0.2) is 54.2 Å². The summed E-state index contributed by atoms with van der Waals surface area (Å²) in [6.45, 7) is -0.536. The summed E-state index contributed by atoms with van der Waals surface area (Å²) in [4.78, 5) is 35.4. The fourth-order valence-corrected chi connectivity index (χ4v) is 2.57. The normalized spacial score (nSPS) is 22.8. The van der Waals surface area contributed by atoms with Crippen LogP contribution in [0.2, 0.25) is 0 Å². The zero-order valence-corrected chi connectivity index (χ0v) is 14.4. The molecule has 1 aromatic carbocycles. The van der Waals surface area contributed by atoms with Gasteiger partial charge < -0.3 is 30.9 Å². The number of anilines is 1. The van der Waals surface area contributed by atoms with Crippen molar-refractivity contribution in [3.05, 3.63) is 23.8 Å². The minimum Gasteiger partial charge on any atom is -0.497 e. The molecule has 142 valence electrons. The van der Waals surface area contributed by atoms with Gasteiger partial charge in [-0.3, -0.25) is 14.4 Å². The lowest BCUT2D eigenvalue weighted by atomic mass is 9.98. The number of hydrogen-bond acceptors (Lipinski definition) is 6. The van der Waals surface area contributed by atoms with Crippen LogP contribution in [-0.2, 0) is 14.4 Å². The number of nitrogens with one attached hydrogen (secondary N) is 3. The minimum absolute atomic E-state index is 0.115. The molecule has 0 aliphatic carbocycles. The molecule has 0 radical (unpaired) electrons. The minimum atomic E-state index is -1.25. The quantitative estimate of drug-likeness (QED) is 0.453. The molecule has 0 bridgehead atoms. The van der Waals surface area contributed by atoms with Crippen LogP contribution in [0, 0.1) is 0 Å². The molecule has 0 fully saturated rings. The van der Waals surface area contributed by atoms with E-state index < -0.39 is 24.0 Å². The van der Waals surface area contributed by atoms with Crippen molar-refractivity contribution in [3.63, 3.8) is 0 Å². The maximum Gasteiger partial charge on any atom is 0.243 e. The first-order valence-electron chi connectivity index (χ1n) is 8.28. The van der Waals surface area contributed by atoms with Gasteiger partial charge in [-0.2, -0.15) is 0 Å². The van der Waals surface area contributed by atoms with Gasteiger partial charge in [0.1, 0.15) is 11.9 Å². The van der Waals surface area contributed by atoms with Crippen molar-refractivity contribution in [1.29, 1.82) is 0 Å². The van der Waals surface area contributed by atoms with Crippen molar-refractivity contribution < 1.29 is 29.3 Å². The van der Waals surface area contributed by atoms with Crippen LogP contribution in [0.25, 0.3) is 0 Å². The summed E-state index contributed by atoms with van der Waals surface area (Å²) in [6.07, 6.45) is -1.73. The van der Waals surface area contributed by atoms with E-state index >= 15 is 0 Å². The van der Waals surface area contributed by atoms with E-state index in [0.29, 0.717) is 17.7 Å². The smallest absolute Gasteiger partial charge is 0.243 e. The molecule has 2 rings (SSSR count). The summed E-state index contributed by atoms with van der Waals surface area (Å²) in [7, 11) is 1.46. The number of fused-ring (bicyclic) bond motifs is 1. The highest BCUT2D eigenvalue weighted by atomic mass is 16.5. The molecule has 1 heterocycles. The van der Waals surface area contributed by atoms with Crippen molar-refractivity contribution in [2.75, 3.05) is 25.5 Å². The van der Waals surface area contributed by atoms with Crippen LogP contribution in [0.1, 0.15) is 30.9 Å². The molecular weight excluding hydrogens is 342 g/mol. The molecule has 9 heteroatoms. The van der Waals surface area contributed by atoms with Crippen LogP contribution < -0.4 is 20.7 Å². The first-order valence-corrected chi connectivity index (χ1v) is 8.28. The molecule has 2 atom stereocenters. The Labute approximate surface area is 150 Å². The SMILES string of the molecule is COc1ccc2c(c1)NC(=O)CNC(=O)CNC(=O)CCCC(O)C2O. The van der Waals surface area contributed by atoms with Gasteiger partial charge in [-0.15, -0.1) is 0 Å². The molecule has 1 aliphatic rings. The highest BCUT2D eigenvalue weighted by Crippen LogP contribution is 2.30. The van der Waals surface area contributed by atoms with E-state index in [1.54, 1.807) is 12.1 Å². The summed E-state index contributed by atoms with van der Waals surface area (Å²) >= 11 is 0. The number of ether oxygens (including phenoxy) is 1. The Morgan fingerprint density at radius 3 is 2.46 bits per heavy atom.